The van der Waals surface area contributed by atoms with E-state index in [9.17, 15) is 19.7 Å². The molecule has 1 fully saturated rings. The molecule has 1 aliphatic rings. The van der Waals surface area contributed by atoms with Crippen LogP contribution < -0.4 is 5.32 Å². The van der Waals surface area contributed by atoms with Crippen molar-refractivity contribution in [2.75, 3.05) is 0 Å². The van der Waals surface area contributed by atoms with Gasteiger partial charge < -0.3 is 10.1 Å². The van der Waals surface area contributed by atoms with Gasteiger partial charge in [0.1, 0.15) is 4.88 Å². The zero-order valence-electron chi connectivity index (χ0n) is 10.1. The summed E-state index contributed by atoms with van der Waals surface area (Å²) in [6.07, 6.45) is 0.988. The number of amides is 1. The monoisotopic (exact) mass is 284 g/mol. The average molecular weight is 284 g/mol. The minimum absolute atomic E-state index is 0.109. The first-order valence-corrected chi connectivity index (χ1v) is 6.54. The first-order chi connectivity index (χ1) is 8.97. The lowest BCUT2D eigenvalue weighted by molar-refractivity contribution is -0.380. The number of esters is 1. The Morgan fingerprint density at radius 1 is 1.53 bits per heavy atom. The molecule has 1 N–H and O–H groups in total. The van der Waals surface area contributed by atoms with Gasteiger partial charge in [0.25, 0.3) is 5.91 Å². The Bertz CT molecular complexity index is 523. The van der Waals surface area contributed by atoms with Crippen LogP contribution in [0.3, 0.4) is 0 Å². The highest BCUT2D eigenvalue weighted by atomic mass is 32.1. The Morgan fingerprint density at radius 3 is 2.74 bits per heavy atom. The van der Waals surface area contributed by atoms with Gasteiger partial charge in [-0.25, -0.2) is 4.79 Å². The van der Waals surface area contributed by atoms with Crippen molar-refractivity contribution in [3.8, 4) is 0 Å². The molecule has 102 valence electrons. The Labute approximate surface area is 112 Å². The van der Waals surface area contributed by atoms with E-state index in [0.29, 0.717) is 0 Å². The second-order valence-corrected chi connectivity index (χ2v) is 5.29. The van der Waals surface area contributed by atoms with Crippen molar-refractivity contribution in [3.05, 3.63) is 27.1 Å². The molecule has 1 saturated carbocycles. The number of nitro groups is 1. The van der Waals surface area contributed by atoms with Crippen LogP contribution in [0, 0.1) is 10.1 Å². The van der Waals surface area contributed by atoms with E-state index in [1.807, 2.05) is 0 Å². The number of hydrogen-bond donors (Lipinski definition) is 1. The number of thiophene rings is 1. The van der Waals surface area contributed by atoms with Crippen LogP contribution >= 0.6 is 11.3 Å². The first kappa shape index (κ1) is 13.5. The lowest BCUT2D eigenvalue weighted by Crippen LogP contribution is -2.36. The van der Waals surface area contributed by atoms with Crippen molar-refractivity contribution in [2.45, 2.75) is 31.9 Å². The van der Waals surface area contributed by atoms with Gasteiger partial charge in [0.2, 0.25) is 0 Å². The van der Waals surface area contributed by atoms with E-state index in [1.165, 1.54) is 19.1 Å². The van der Waals surface area contributed by atoms with Gasteiger partial charge in [0.15, 0.2) is 6.10 Å². The maximum atomic E-state index is 11.7. The van der Waals surface area contributed by atoms with E-state index in [1.54, 1.807) is 0 Å². The Balaban J connectivity index is 1.91. The third-order valence-electron chi connectivity index (χ3n) is 2.55. The summed E-state index contributed by atoms with van der Waals surface area (Å²) in [7, 11) is 0. The SMILES string of the molecule is C[C@@H](OC(=O)c1ccc([N+](=O)[O-])s1)C(=O)NC1CC1. The number of nitrogens with one attached hydrogen (secondary N) is 1. The summed E-state index contributed by atoms with van der Waals surface area (Å²) in [5, 5.41) is 13.1. The second-order valence-electron chi connectivity index (χ2n) is 4.23. The Kier molecular flexibility index (Phi) is 3.79. The number of rotatable bonds is 5. The molecular formula is C11H12N2O5S. The van der Waals surface area contributed by atoms with Gasteiger partial charge in [-0.2, -0.15) is 0 Å². The van der Waals surface area contributed by atoms with Crippen LogP contribution in [0.4, 0.5) is 5.00 Å². The van der Waals surface area contributed by atoms with Gasteiger partial charge >= 0.3 is 11.0 Å². The predicted octanol–water partition coefficient (Wildman–Crippen LogP) is 1.48. The van der Waals surface area contributed by atoms with Crippen LogP contribution in [-0.4, -0.2) is 28.9 Å². The number of ether oxygens (including phenoxy) is 1. The number of nitrogens with zero attached hydrogens (tertiary/aromatic N) is 1. The zero-order chi connectivity index (χ0) is 14.0. The van der Waals surface area contributed by atoms with Crippen molar-refractivity contribution in [1.29, 1.82) is 0 Å². The van der Waals surface area contributed by atoms with Gasteiger partial charge in [-0.15, -0.1) is 0 Å². The van der Waals surface area contributed by atoms with Crippen molar-refractivity contribution < 1.29 is 19.2 Å². The summed E-state index contributed by atoms with van der Waals surface area (Å²) in [5.41, 5.74) is 0. The fourth-order valence-corrected chi connectivity index (χ4v) is 2.06. The average Bonchev–Trinajstić information content (AvgIpc) is 3.01. The summed E-state index contributed by atoms with van der Waals surface area (Å²) in [4.78, 5) is 33.3. The molecule has 0 spiro atoms. The Hall–Kier alpha value is -1.96. The third-order valence-corrected chi connectivity index (χ3v) is 3.57. The maximum Gasteiger partial charge on any atom is 0.349 e. The largest absolute Gasteiger partial charge is 0.448 e. The topological polar surface area (TPSA) is 98.5 Å². The van der Waals surface area contributed by atoms with E-state index in [2.05, 4.69) is 5.32 Å². The van der Waals surface area contributed by atoms with Crippen LogP contribution in [-0.2, 0) is 9.53 Å². The lowest BCUT2D eigenvalue weighted by Gasteiger charge is -2.12. The molecule has 7 nitrogen and oxygen atoms in total. The molecule has 0 aromatic carbocycles. The molecule has 0 bridgehead atoms. The third kappa shape index (κ3) is 3.50. The zero-order valence-corrected chi connectivity index (χ0v) is 10.9. The minimum atomic E-state index is -0.908. The van der Waals surface area contributed by atoms with E-state index >= 15 is 0 Å². The minimum Gasteiger partial charge on any atom is -0.448 e. The summed E-state index contributed by atoms with van der Waals surface area (Å²) in [5.74, 6) is -1.07. The molecule has 19 heavy (non-hydrogen) atoms. The van der Waals surface area contributed by atoms with Crippen LogP contribution in [0.1, 0.15) is 29.4 Å². The maximum absolute atomic E-state index is 11.7. The summed E-state index contributed by atoms with van der Waals surface area (Å²) in [6, 6.07) is 2.74. The van der Waals surface area contributed by atoms with Crippen LogP contribution in [0.15, 0.2) is 12.1 Å². The summed E-state index contributed by atoms with van der Waals surface area (Å²) in [6.45, 7) is 1.47. The van der Waals surface area contributed by atoms with Crippen LogP contribution in [0.2, 0.25) is 0 Å². The second kappa shape index (κ2) is 5.35. The van der Waals surface area contributed by atoms with E-state index in [0.717, 1.165) is 24.2 Å². The highest BCUT2D eigenvalue weighted by Crippen LogP contribution is 2.25. The predicted molar refractivity (Wildman–Crippen MR) is 67.0 cm³/mol. The summed E-state index contributed by atoms with van der Waals surface area (Å²) < 4.78 is 4.96. The highest BCUT2D eigenvalue weighted by molar-refractivity contribution is 7.17. The van der Waals surface area contributed by atoms with Gasteiger partial charge in [-0.3, -0.25) is 14.9 Å². The van der Waals surface area contributed by atoms with Crippen molar-refractivity contribution >= 4 is 28.2 Å². The molecule has 1 aromatic rings. The fraction of sp³-hybridized carbons (Fsp3) is 0.455. The Morgan fingerprint density at radius 2 is 2.21 bits per heavy atom. The molecule has 1 aromatic heterocycles. The molecule has 2 rings (SSSR count). The molecule has 8 heteroatoms. The standard InChI is InChI=1S/C11H12N2O5S/c1-6(10(14)12-7-2-3-7)18-11(15)8-4-5-9(19-8)13(16)17/h4-7H,2-3H2,1H3,(H,12,14)/t6-/m1/s1. The quantitative estimate of drug-likeness (QED) is 0.501. The highest BCUT2D eigenvalue weighted by Gasteiger charge is 2.28. The molecule has 1 amide bonds. The summed E-state index contributed by atoms with van der Waals surface area (Å²) >= 11 is 0.724. The van der Waals surface area contributed by atoms with Gasteiger partial charge in [0.05, 0.1) is 4.92 Å². The first-order valence-electron chi connectivity index (χ1n) is 5.73. The van der Waals surface area contributed by atoms with Gasteiger partial charge in [-0.1, -0.05) is 11.3 Å². The normalized spacial score (nSPS) is 15.6. The van der Waals surface area contributed by atoms with E-state index < -0.39 is 17.0 Å². The van der Waals surface area contributed by atoms with Crippen molar-refractivity contribution in [3.63, 3.8) is 0 Å². The molecule has 0 saturated heterocycles. The van der Waals surface area contributed by atoms with Gasteiger partial charge in [0, 0.05) is 12.1 Å². The number of hydrogen-bond acceptors (Lipinski definition) is 6. The molecule has 0 radical (unpaired) electrons. The van der Waals surface area contributed by atoms with E-state index in [4.69, 9.17) is 4.74 Å². The van der Waals surface area contributed by atoms with Crippen LogP contribution in [0.25, 0.3) is 0 Å². The molecule has 1 atom stereocenters. The molecule has 0 unspecified atom stereocenters. The molecule has 1 aliphatic carbocycles. The number of carbonyl (C=O) groups is 2. The molecule has 1 heterocycles. The van der Waals surface area contributed by atoms with Gasteiger partial charge in [-0.05, 0) is 25.8 Å². The van der Waals surface area contributed by atoms with Crippen molar-refractivity contribution in [2.24, 2.45) is 0 Å². The lowest BCUT2D eigenvalue weighted by atomic mass is 10.3. The fourth-order valence-electron chi connectivity index (χ4n) is 1.35. The number of carbonyl (C=O) groups excluding carboxylic acids is 2. The molecular weight excluding hydrogens is 272 g/mol. The van der Waals surface area contributed by atoms with Crippen LogP contribution in [0.5, 0.6) is 0 Å². The smallest absolute Gasteiger partial charge is 0.349 e. The van der Waals surface area contributed by atoms with E-state index in [-0.39, 0.29) is 21.8 Å². The van der Waals surface area contributed by atoms with Crippen molar-refractivity contribution in [1.82, 2.24) is 5.32 Å². The molecule has 0 aliphatic heterocycles.